The molecule has 0 amide bonds. The summed E-state index contributed by atoms with van der Waals surface area (Å²) in [7, 11) is 0. The van der Waals surface area contributed by atoms with E-state index in [1.807, 2.05) is 37.3 Å². The van der Waals surface area contributed by atoms with E-state index in [0.717, 1.165) is 18.7 Å². The van der Waals surface area contributed by atoms with Crippen molar-refractivity contribution in [3.63, 3.8) is 0 Å². The second-order valence-electron chi connectivity index (χ2n) is 7.05. The van der Waals surface area contributed by atoms with Crippen molar-refractivity contribution in [3.8, 4) is 0 Å². The van der Waals surface area contributed by atoms with Gasteiger partial charge in [0.15, 0.2) is 5.54 Å². The molecule has 2 aliphatic heterocycles. The minimum absolute atomic E-state index is 0.0560. The zero-order valence-corrected chi connectivity index (χ0v) is 15.7. The lowest BCUT2D eigenvalue weighted by Crippen LogP contribution is -2.62. The number of thioether (sulfide) groups is 1. The smallest absolute Gasteiger partial charge is 0.286 e. The molecule has 0 radical (unpaired) electrons. The highest BCUT2D eigenvalue weighted by molar-refractivity contribution is 8.00. The van der Waals surface area contributed by atoms with Gasteiger partial charge in [-0.15, -0.1) is 0 Å². The number of rotatable bonds is 4. The third-order valence-corrected chi connectivity index (χ3v) is 6.21. The molecule has 1 aromatic rings. The second kappa shape index (κ2) is 7.33. The molecule has 0 aliphatic carbocycles. The van der Waals surface area contributed by atoms with Crippen LogP contribution in [-0.2, 0) is 4.74 Å². The van der Waals surface area contributed by atoms with E-state index in [1.54, 1.807) is 0 Å². The molecule has 0 N–H and O–H groups in total. The van der Waals surface area contributed by atoms with Crippen molar-refractivity contribution in [3.05, 3.63) is 40.4 Å². The fraction of sp³-hybridized carbons (Fsp3) is 0.611. The van der Waals surface area contributed by atoms with Gasteiger partial charge in [-0.2, -0.15) is 0 Å². The summed E-state index contributed by atoms with van der Waals surface area (Å²) in [5, 5.41) is 11.2. The second-order valence-corrected chi connectivity index (χ2v) is 8.45. The molecule has 6 nitrogen and oxygen atoms in total. The van der Waals surface area contributed by atoms with Gasteiger partial charge in [-0.25, -0.2) is 4.99 Å². The Balaban J connectivity index is 2.09. The molecular formula is C18H25N3O3S. The van der Waals surface area contributed by atoms with Crippen molar-refractivity contribution >= 4 is 23.3 Å². The third-order valence-electron chi connectivity index (χ3n) is 4.74. The predicted molar refractivity (Wildman–Crippen MR) is 101 cm³/mol. The van der Waals surface area contributed by atoms with Crippen LogP contribution in [0.3, 0.4) is 0 Å². The molecule has 2 heterocycles. The highest BCUT2D eigenvalue weighted by atomic mass is 32.2. The first-order chi connectivity index (χ1) is 11.9. The SMILES string of the molecule is CC(C)CN1C(C)SC([N+](=O)[O-])C12CCCOC2=Nc1ccccc1. The Morgan fingerprint density at radius 2 is 2.16 bits per heavy atom. The van der Waals surface area contributed by atoms with Crippen LogP contribution in [0.1, 0.15) is 33.6 Å². The molecule has 1 spiro atoms. The topological polar surface area (TPSA) is 68.0 Å². The number of nitro groups is 1. The van der Waals surface area contributed by atoms with E-state index in [4.69, 9.17) is 9.73 Å². The first-order valence-corrected chi connectivity index (χ1v) is 9.72. The van der Waals surface area contributed by atoms with Crippen LogP contribution in [-0.4, -0.2) is 45.2 Å². The Bertz CT molecular complexity index is 652. The maximum absolute atomic E-state index is 11.9. The van der Waals surface area contributed by atoms with E-state index in [1.165, 1.54) is 11.8 Å². The fourth-order valence-electron chi connectivity index (χ4n) is 3.75. The molecule has 0 bridgehead atoms. The van der Waals surface area contributed by atoms with Crippen LogP contribution in [0.5, 0.6) is 0 Å². The van der Waals surface area contributed by atoms with Gasteiger partial charge < -0.3 is 4.74 Å². The maximum atomic E-state index is 11.9. The van der Waals surface area contributed by atoms with Crippen molar-refractivity contribution in [1.82, 2.24) is 4.90 Å². The summed E-state index contributed by atoms with van der Waals surface area (Å²) in [5.41, 5.74) is 0.00120. The molecule has 25 heavy (non-hydrogen) atoms. The zero-order valence-electron chi connectivity index (χ0n) is 14.9. The van der Waals surface area contributed by atoms with Crippen LogP contribution >= 0.6 is 11.8 Å². The van der Waals surface area contributed by atoms with E-state index in [0.29, 0.717) is 24.8 Å². The normalized spacial score (nSPS) is 31.6. The lowest BCUT2D eigenvalue weighted by molar-refractivity contribution is -0.506. The lowest BCUT2D eigenvalue weighted by atomic mass is 9.87. The Kier molecular flexibility index (Phi) is 5.34. The predicted octanol–water partition coefficient (Wildman–Crippen LogP) is 3.92. The number of aliphatic imine (C=N–C) groups is 1. The summed E-state index contributed by atoms with van der Waals surface area (Å²) in [6, 6.07) is 9.56. The van der Waals surface area contributed by atoms with Gasteiger partial charge in [0, 0.05) is 11.5 Å². The maximum Gasteiger partial charge on any atom is 0.286 e. The number of hydrogen-bond acceptors (Lipinski definition) is 6. The summed E-state index contributed by atoms with van der Waals surface area (Å²) in [4.78, 5) is 18.7. The molecule has 0 aromatic heterocycles. The Morgan fingerprint density at radius 3 is 2.80 bits per heavy atom. The van der Waals surface area contributed by atoms with Crippen LogP contribution in [0.15, 0.2) is 35.3 Å². The van der Waals surface area contributed by atoms with Crippen molar-refractivity contribution in [2.24, 2.45) is 10.9 Å². The molecule has 136 valence electrons. The van der Waals surface area contributed by atoms with Crippen LogP contribution in [0.25, 0.3) is 0 Å². The van der Waals surface area contributed by atoms with Gasteiger partial charge in [0.1, 0.15) is 0 Å². The van der Waals surface area contributed by atoms with Gasteiger partial charge in [-0.05, 0) is 37.8 Å². The molecule has 2 saturated heterocycles. The van der Waals surface area contributed by atoms with Gasteiger partial charge in [-0.3, -0.25) is 15.0 Å². The first-order valence-electron chi connectivity index (χ1n) is 8.78. The average Bonchev–Trinajstić information content (AvgIpc) is 2.84. The van der Waals surface area contributed by atoms with Crippen molar-refractivity contribution in [2.45, 2.75) is 49.9 Å². The molecule has 2 aliphatic rings. The van der Waals surface area contributed by atoms with Crippen LogP contribution in [0.4, 0.5) is 5.69 Å². The minimum atomic E-state index is -0.772. The number of para-hydroxylation sites is 1. The molecular weight excluding hydrogens is 338 g/mol. The van der Waals surface area contributed by atoms with Crippen LogP contribution < -0.4 is 0 Å². The van der Waals surface area contributed by atoms with E-state index < -0.39 is 10.9 Å². The number of hydrogen-bond donors (Lipinski definition) is 0. The Labute approximate surface area is 152 Å². The van der Waals surface area contributed by atoms with Crippen molar-refractivity contribution in [2.75, 3.05) is 13.2 Å². The van der Waals surface area contributed by atoms with E-state index in [-0.39, 0.29) is 10.3 Å². The number of nitrogens with zero attached hydrogens (tertiary/aromatic N) is 3. The molecule has 1 aromatic carbocycles. The summed E-state index contributed by atoms with van der Waals surface area (Å²) in [6.07, 6.45) is 1.51. The average molecular weight is 363 g/mol. The molecule has 3 rings (SSSR count). The van der Waals surface area contributed by atoms with Crippen molar-refractivity contribution in [1.29, 1.82) is 0 Å². The van der Waals surface area contributed by atoms with E-state index >= 15 is 0 Å². The zero-order chi connectivity index (χ0) is 18.0. The standard InChI is InChI=1S/C18H25N3O3S/c1-13(2)12-20-14(3)25-17(21(22)23)18(20)10-7-11-24-16(18)19-15-8-5-4-6-9-15/h4-6,8-9,13-14,17H,7,10-12H2,1-3H3. The van der Waals surface area contributed by atoms with Gasteiger partial charge in [-0.1, -0.05) is 43.8 Å². The molecule has 2 fully saturated rings. The van der Waals surface area contributed by atoms with E-state index in [2.05, 4.69) is 18.7 Å². The molecule has 3 unspecified atom stereocenters. The van der Waals surface area contributed by atoms with Gasteiger partial charge in [0.25, 0.3) is 5.37 Å². The number of benzene rings is 1. The van der Waals surface area contributed by atoms with Gasteiger partial charge >= 0.3 is 0 Å². The largest absolute Gasteiger partial charge is 0.479 e. The van der Waals surface area contributed by atoms with Crippen molar-refractivity contribution < 1.29 is 9.66 Å². The highest BCUT2D eigenvalue weighted by Crippen LogP contribution is 2.49. The third kappa shape index (κ3) is 3.40. The quantitative estimate of drug-likeness (QED) is 0.599. The van der Waals surface area contributed by atoms with Crippen LogP contribution in [0, 0.1) is 16.0 Å². The summed E-state index contributed by atoms with van der Waals surface area (Å²) in [5.74, 6) is 0.912. The summed E-state index contributed by atoms with van der Waals surface area (Å²) >= 11 is 1.41. The van der Waals surface area contributed by atoms with Crippen LogP contribution in [0.2, 0.25) is 0 Å². The lowest BCUT2D eigenvalue weighted by Gasteiger charge is -2.42. The van der Waals surface area contributed by atoms with E-state index in [9.17, 15) is 10.1 Å². The first kappa shape index (κ1) is 18.2. The number of ether oxygens (including phenoxy) is 1. The fourth-order valence-corrected chi connectivity index (χ4v) is 5.23. The van der Waals surface area contributed by atoms with Gasteiger partial charge in [0.05, 0.1) is 17.7 Å². The molecule has 7 heteroatoms. The summed E-state index contributed by atoms with van der Waals surface area (Å²) in [6.45, 7) is 7.68. The highest BCUT2D eigenvalue weighted by Gasteiger charge is 2.64. The monoisotopic (exact) mass is 363 g/mol. The molecule has 0 saturated carbocycles. The molecule has 3 atom stereocenters. The summed E-state index contributed by atoms with van der Waals surface area (Å²) < 4.78 is 5.95. The minimum Gasteiger partial charge on any atom is -0.479 e. The Hall–Kier alpha value is -1.60. The Morgan fingerprint density at radius 1 is 1.44 bits per heavy atom. The van der Waals surface area contributed by atoms with Gasteiger partial charge in [0.2, 0.25) is 5.90 Å².